The van der Waals surface area contributed by atoms with Gasteiger partial charge < -0.3 is 18.9 Å². The van der Waals surface area contributed by atoms with Crippen LogP contribution in [0.2, 0.25) is 0 Å². The summed E-state index contributed by atoms with van der Waals surface area (Å²) in [5, 5.41) is 32.7. The number of fused-ring (bicyclic) bond motifs is 16. The highest BCUT2D eigenvalue weighted by Gasteiger charge is 2.19. The highest BCUT2D eigenvalue weighted by atomic mass is 127. The Hall–Kier alpha value is -5.49. The van der Waals surface area contributed by atoms with Gasteiger partial charge in [0.15, 0.2) is 0 Å². The van der Waals surface area contributed by atoms with Crippen LogP contribution in [0.4, 0.5) is 0 Å². The predicted molar refractivity (Wildman–Crippen MR) is 281 cm³/mol. The Kier molecular flexibility index (Phi) is 12.6. The van der Waals surface area contributed by atoms with Crippen molar-refractivity contribution in [2.24, 2.45) is 0 Å². The highest BCUT2D eigenvalue weighted by molar-refractivity contribution is 14.1. The van der Waals surface area contributed by atoms with E-state index in [1.54, 1.807) is 18.2 Å². The van der Waals surface area contributed by atoms with E-state index in [4.69, 9.17) is 8.83 Å². The number of furan rings is 2. The molecular formula is C54H40BBr2IO4. The lowest BCUT2D eigenvalue weighted by molar-refractivity contribution is 0.426. The first kappa shape index (κ1) is 43.2. The van der Waals surface area contributed by atoms with Crippen LogP contribution in [0.3, 0.4) is 0 Å². The van der Waals surface area contributed by atoms with Gasteiger partial charge in [-0.1, -0.05) is 180 Å². The molecule has 0 bridgehead atoms. The first-order valence-electron chi connectivity index (χ1n) is 19.4. The molecule has 0 unspecified atom stereocenters. The fourth-order valence-electron chi connectivity index (χ4n) is 8.30. The maximum atomic E-state index is 9.50. The molecule has 10 aromatic carbocycles. The molecule has 0 aliphatic rings. The van der Waals surface area contributed by atoms with Crippen molar-refractivity contribution >= 4 is 154 Å². The summed E-state index contributed by atoms with van der Waals surface area (Å²) in [4.78, 5) is 0. The fraction of sp³-hybridized carbons (Fsp3) is 0.0370. The monoisotopic (exact) mass is 1050 g/mol. The van der Waals surface area contributed by atoms with Crippen molar-refractivity contribution in [1.82, 2.24) is 0 Å². The number of rotatable bonds is 2. The number of hydrogen-bond acceptors (Lipinski definition) is 4. The fourth-order valence-corrected chi connectivity index (χ4v) is 10.1. The summed E-state index contributed by atoms with van der Waals surface area (Å²) in [5.74, 6) is 0. The molecule has 0 aliphatic carbocycles. The summed E-state index contributed by atoms with van der Waals surface area (Å²) < 4.78 is 16.0. The summed E-state index contributed by atoms with van der Waals surface area (Å²) in [6.07, 6.45) is 0. The smallest absolute Gasteiger partial charge is 0.455 e. The molecule has 2 N–H and O–H groups in total. The number of hydrogen-bond donors (Lipinski definition) is 2. The van der Waals surface area contributed by atoms with Crippen molar-refractivity contribution in [3.8, 4) is 11.1 Å². The van der Waals surface area contributed by atoms with Crippen molar-refractivity contribution in [2.45, 2.75) is 14.9 Å². The van der Waals surface area contributed by atoms with E-state index in [1.165, 1.54) is 41.6 Å². The van der Waals surface area contributed by atoms with Crippen LogP contribution >= 0.6 is 54.5 Å². The minimum Gasteiger partial charge on any atom is -0.455 e. The Labute approximate surface area is 390 Å². The summed E-state index contributed by atoms with van der Waals surface area (Å²) in [6, 6.07) is 61.9. The summed E-state index contributed by atoms with van der Waals surface area (Å²) >= 11 is 9.22. The first-order chi connectivity index (χ1) is 29.3. The molecule has 304 valence electrons. The maximum Gasteiger partial charge on any atom is 0.488 e. The van der Waals surface area contributed by atoms with Gasteiger partial charge in [-0.3, -0.25) is 0 Å². The van der Waals surface area contributed by atoms with Crippen LogP contribution in [0, 0.1) is 3.57 Å². The molecule has 0 aliphatic heterocycles. The standard InChI is InChI=1S/C26H15BrO.C20H13BO3.C6H4BrI.2CH4/c27-18-7-5-6-16(14-18)17-12-13-24-23(15-17)25-21-10-3-1-8-19(21)20-9-2-4-11-22(20)26(25)28-24;22-21(23)12-9-10-18-17(11-12)19-15-7-3-1-5-13(15)14-6-2-4-8-16(14)20(19)24-18;7-5-2-1-3-6(8)4-5;;/h1-15H;1-11,22-23H;1-4H;2*1H4. The molecule has 8 heteroatoms. The van der Waals surface area contributed by atoms with Crippen molar-refractivity contribution in [1.29, 1.82) is 0 Å². The van der Waals surface area contributed by atoms with Gasteiger partial charge in [-0.25, -0.2) is 0 Å². The molecule has 2 heterocycles. The predicted octanol–water partition coefficient (Wildman–Crippen LogP) is 16.2. The van der Waals surface area contributed by atoms with Crippen LogP contribution in [0.1, 0.15) is 14.9 Å². The summed E-state index contributed by atoms with van der Waals surface area (Å²) in [7, 11) is -1.49. The molecule has 4 nitrogen and oxygen atoms in total. The average molecular weight is 1050 g/mol. The van der Waals surface area contributed by atoms with Gasteiger partial charge in [0, 0.05) is 44.8 Å². The second kappa shape index (κ2) is 18.1. The first-order valence-corrected chi connectivity index (χ1v) is 22.0. The quantitative estimate of drug-likeness (QED) is 0.103. The molecule has 12 aromatic rings. The van der Waals surface area contributed by atoms with Gasteiger partial charge in [-0.05, 0) is 120 Å². The molecule has 62 heavy (non-hydrogen) atoms. The van der Waals surface area contributed by atoms with Gasteiger partial charge in [0.05, 0.1) is 0 Å². The van der Waals surface area contributed by atoms with Crippen molar-refractivity contribution in [2.75, 3.05) is 0 Å². The maximum absolute atomic E-state index is 9.50. The molecule has 0 saturated heterocycles. The minimum atomic E-state index is -1.49. The highest BCUT2D eigenvalue weighted by Crippen LogP contribution is 2.43. The van der Waals surface area contributed by atoms with Crippen LogP contribution < -0.4 is 5.46 Å². The molecule has 0 fully saturated rings. The van der Waals surface area contributed by atoms with Gasteiger partial charge in [-0.2, -0.15) is 0 Å². The Morgan fingerprint density at radius 1 is 0.387 bits per heavy atom. The van der Waals surface area contributed by atoms with Crippen LogP contribution in [0.5, 0.6) is 0 Å². The average Bonchev–Trinajstić information content (AvgIpc) is 3.86. The molecular weight excluding hydrogens is 1010 g/mol. The van der Waals surface area contributed by atoms with E-state index in [-0.39, 0.29) is 14.9 Å². The van der Waals surface area contributed by atoms with Crippen molar-refractivity contribution in [3.05, 3.63) is 195 Å². The van der Waals surface area contributed by atoms with Gasteiger partial charge in [0.2, 0.25) is 0 Å². The zero-order valence-corrected chi connectivity index (χ0v) is 37.1. The molecule has 0 radical (unpaired) electrons. The van der Waals surface area contributed by atoms with Crippen LogP contribution in [-0.4, -0.2) is 17.2 Å². The largest absolute Gasteiger partial charge is 0.488 e. The summed E-state index contributed by atoms with van der Waals surface area (Å²) in [6.45, 7) is 0. The Morgan fingerprint density at radius 2 is 0.806 bits per heavy atom. The van der Waals surface area contributed by atoms with E-state index in [0.717, 1.165) is 69.0 Å². The normalized spacial score (nSPS) is 11.0. The van der Waals surface area contributed by atoms with E-state index in [0.29, 0.717) is 5.46 Å². The third-order valence-corrected chi connectivity index (χ3v) is 12.6. The SMILES string of the molecule is Brc1cccc(-c2ccc3oc4c5ccccc5c5ccccc5c4c3c2)c1.Brc1cccc(I)c1.C.C.OB(O)c1ccc2oc3c4ccccc4c4ccccc4c3c2c1. The van der Waals surface area contributed by atoms with Gasteiger partial charge >= 0.3 is 7.12 Å². The second-order valence-electron chi connectivity index (χ2n) is 14.6. The van der Waals surface area contributed by atoms with Crippen LogP contribution in [0.25, 0.3) is 98.1 Å². The van der Waals surface area contributed by atoms with Gasteiger partial charge in [0.1, 0.15) is 22.3 Å². The van der Waals surface area contributed by atoms with Crippen LogP contribution in [0.15, 0.2) is 200 Å². The summed E-state index contributed by atoms with van der Waals surface area (Å²) in [5.41, 5.74) is 6.32. The topological polar surface area (TPSA) is 66.7 Å². The number of benzene rings is 10. The van der Waals surface area contributed by atoms with E-state index >= 15 is 0 Å². The van der Waals surface area contributed by atoms with Crippen molar-refractivity contribution in [3.63, 3.8) is 0 Å². The van der Waals surface area contributed by atoms with Crippen LogP contribution in [-0.2, 0) is 0 Å². The lowest BCUT2D eigenvalue weighted by Crippen LogP contribution is -2.29. The van der Waals surface area contributed by atoms with E-state index in [2.05, 4.69) is 182 Å². The Bertz CT molecular complexity index is 3580. The lowest BCUT2D eigenvalue weighted by atomic mass is 9.79. The molecule has 0 spiro atoms. The molecule has 0 atom stereocenters. The Balaban J connectivity index is 0.000000142. The third-order valence-electron chi connectivity index (χ3n) is 11.0. The molecule has 2 aromatic heterocycles. The second-order valence-corrected chi connectivity index (χ2v) is 17.7. The third kappa shape index (κ3) is 7.91. The van der Waals surface area contributed by atoms with Gasteiger partial charge in [0.25, 0.3) is 0 Å². The van der Waals surface area contributed by atoms with E-state index < -0.39 is 7.12 Å². The molecule has 0 amide bonds. The number of halogens is 3. The molecule has 0 saturated carbocycles. The lowest BCUT2D eigenvalue weighted by Gasteiger charge is -2.06. The molecule has 12 rings (SSSR count). The van der Waals surface area contributed by atoms with Gasteiger partial charge in [-0.15, -0.1) is 0 Å². The zero-order valence-electron chi connectivity index (χ0n) is 31.7. The minimum absolute atomic E-state index is 0. The van der Waals surface area contributed by atoms with E-state index in [1.807, 2.05) is 36.4 Å². The van der Waals surface area contributed by atoms with Crippen molar-refractivity contribution < 1.29 is 18.9 Å². The van der Waals surface area contributed by atoms with E-state index in [9.17, 15) is 10.0 Å². The Morgan fingerprint density at radius 3 is 1.27 bits per heavy atom. The zero-order chi connectivity index (χ0) is 40.9.